The lowest BCUT2D eigenvalue weighted by molar-refractivity contribution is -0.115. The Kier molecular flexibility index (Phi) is 4.36. The van der Waals surface area contributed by atoms with Gasteiger partial charge in [-0.3, -0.25) is 4.79 Å². The fourth-order valence-electron chi connectivity index (χ4n) is 1.49. The summed E-state index contributed by atoms with van der Waals surface area (Å²) >= 11 is 6.05. The van der Waals surface area contributed by atoms with Crippen molar-refractivity contribution in [3.05, 3.63) is 47.6 Å². The summed E-state index contributed by atoms with van der Waals surface area (Å²) in [4.78, 5) is 15.4. The van der Waals surface area contributed by atoms with E-state index in [2.05, 4.69) is 15.6 Å². The van der Waals surface area contributed by atoms with Crippen LogP contribution in [0.1, 0.15) is 13.3 Å². The second-order valence-corrected chi connectivity index (χ2v) is 4.35. The second kappa shape index (κ2) is 6.20. The standard InChI is InChI=1S/C14H14ClN3O/c1-2-14(19)17-10-7-8-13(16-9-10)18-12-6-4-3-5-11(12)15/h3-9H,2H2,1H3,(H,16,18)(H,17,19). The smallest absolute Gasteiger partial charge is 0.224 e. The Bertz CT molecular complexity index is 569. The molecule has 19 heavy (non-hydrogen) atoms. The lowest BCUT2D eigenvalue weighted by Gasteiger charge is -2.08. The molecule has 1 aromatic heterocycles. The Labute approximate surface area is 116 Å². The highest BCUT2D eigenvalue weighted by Gasteiger charge is 2.02. The predicted molar refractivity (Wildman–Crippen MR) is 77.9 cm³/mol. The number of hydrogen-bond donors (Lipinski definition) is 2. The largest absolute Gasteiger partial charge is 0.339 e. The molecule has 2 aromatic rings. The molecule has 0 radical (unpaired) electrons. The molecule has 0 saturated heterocycles. The number of halogens is 1. The molecule has 5 heteroatoms. The number of carbonyl (C=O) groups excluding carboxylic acids is 1. The Balaban J connectivity index is 2.07. The van der Waals surface area contributed by atoms with Crippen molar-refractivity contribution in [1.82, 2.24) is 4.98 Å². The molecule has 0 aliphatic heterocycles. The van der Waals surface area contributed by atoms with E-state index in [1.54, 1.807) is 31.3 Å². The molecule has 4 nitrogen and oxygen atoms in total. The molecule has 2 N–H and O–H groups in total. The third kappa shape index (κ3) is 3.69. The molecule has 98 valence electrons. The topological polar surface area (TPSA) is 54.0 Å². The van der Waals surface area contributed by atoms with Crippen LogP contribution in [-0.2, 0) is 4.79 Å². The molecule has 0 aliphatic carbocycles. The van der Waals surface area contributed by atoms with Crippen LogP contribution in [0.2, 0.25) is 5.02 Å². The SMILES string of the molecule is CCC(=O)Nc1ccc(Nc2ccccc2Cl)nc1. The Morgan fingerprint density at radius 1 is 1.26 bits per heavy atom. The highest BCUT2D eigenvalue weighted by Crippen LogP contribution is 2.24. The molecule has 0 atom stereocenters. The van der Waals surface area contributed by atoms with Crippen molar-refractivity contribution in [2.75, 3.05) is 10.6 Å². The van der Waals surface area contributed by atoms with E-state index < -0.39 is 0 Å². The first-order valence-electron chi connectivity index (χ1n) is 5.96. The molecule has 0 saturated carbocycles. The van der Waals surface area contributed by atoms with Crippen LogP contribution in [0.5, 0.6) is 0 Å². The van der Waals surface area contributed by atoms with Gasteiger partial charge in [0.15, 0.2) is 0 Å². The molecule has 0 aliphatic rings. The number of rotatable bonds is 4. The first kappa shape index (κ1) is 13.4. The van der Waals surface area contributed by atoms with Crippen molar-refractivity contribution in [3.8, 4) is 0 Å². The summed E-state index contributed by atoms with van der Waals surface area (Å²) in [7, 11) is 0. The summed E-state index contributed by atoms with van der Waals surface area (Å²) in [5.74, 6) is 0.635. The van der Waals surface area contributed by atoms with Crippen LogP contribution in [0.25, 0.3) is 0 Å². The molecule has 0 spiro atoms. The van der Waals surface area contributed by atoms with Crippen LogP contribution in [0.4, 0.5) is 17.2 Å². The minimum absolute atomic E-state index is 0.0337. The van der Waals surface area contributed by atoms with Crippen molar-refractivity contribution in [2.24, 2.45) is 0 Å². The van der Waals surface area contributed by atoms with Crippen LogP contribution >= 0.6 is 11.6 Å². The molecule has 0 bridgehead atoms. The van der Waals surface area contributed by atoms with E-state index in [1.807, 2.05) is 18.2 Å². The summed E-state index contributed by atoms with van der Waals surface area (Å²) < 4.78 is 0. The lowest BCUT2D eigenvalue weighted by atomic mass is 10.3. The predicted octanol–water partition coefficient (Wildman–Crippen LogP) is 3.83. The summed E-state index contributed by atoms with van der Waals surface area (Å²) in [5, 5.41) is 6.48. The number of amides is 1. The van der Waals surface area contributed by atoms with Gasteiger partial charge in [-0.2, -0.15) is 0 Å². The molecule has 0 fully saturated rings. The van der Waals surface area contributed by atoms with E-state index in [9.17, 15) is 4.79 Å². The van der Waals surface area contributed by atoms with Gasteiger partial charge in [-0.15, -0.1) is 0 Å². The number of para-hydroxylation sites is 1. The van der Waals surface area contributed by atoms with E-state index in [4.69, 9.17) is 11.6 Å². The van der Waals surface area contributed by atoms with Gasteiger partial charge in [0.1, 0.15) is 5.82 Å². The van der Waals surface area contributed by atoms with Crippen LogP contribution in [0.3, 0.4) is 0 Å². The summed E-state index contributed by atoms with van der Waals surface area (Å²) in [5.41, 5.74) is 1.47. The average Bonchev–Trinajstić information content (AvgIpc) is 2.43. The van der Waals surface area contributed by atoms with Gasteiger partial charge in [-0.1, -0.05) is 30.7 Å². The number of hydrogen-bond acceptors (Lipinski definition) is 3. The van der Waals surface area contributed by atoms with E-state index in [-0.39, 0.29) is 5.91 Å². The number of nitrogens with one attached hydrogen (secondary N) is 2. The van der Waals surface area contributed by atoms with Crippen molar-refractivity contribution in [3.63, 3.8) is 0 Å². The number of aromatic nitrogens is 1. The number of anilines is 3. The molecule has 1 amide bonds. The molecule has 0 unspecified atom stereocenters. The van der Waals surface area contributed by atoms with E-state index in [1.165, 1.54) is 0 Å². The second-order valence-electron chi connectivity index (χ2n) is 3.94. The van der Waals surface area contributed by atoms with Gasteiger partial charge in [-0.25, -0.2) is 4.98 Å². The molecular weight excluding hydrogens is 262 g/mol. The van der Waals surface area contributed by atoms with Gasteiger partial charge < -0.3 is 10.6 Å². The first-order valence-corrected chi connectivity index (χ1v) is 6.34. The zero-order valence-electron chi connectivity index (χ0n) is 10.5. The van der Waals surface area contributed by atoms with E-state index in [0.717, 1.165) is 5.69 Å². The third-order valence-corrected chi connectivity index (χ3v) is 2.83. The van der Waals surface area contributed by atoms with Gasteiger partial charge in [0, 0.05) is 6.42 Å². The van der Waals surface area contributed by atoms with E-state index in [0.29, 0.717) is 22.9 Å². The monoisotopic (exact) mass is 275 g/mol. The van der Waals surface area contributed by atoms with Crippen LogP contribution in [-0.4, -0.2) is 10.9 Å². The summed E-state index contributed by atoms with van der Waals surface area (Å²) in [6, 6.07) is 11.0. The van der Waals surface area contributed by atoms with E-state index >= 15 is 0 Å². The molecule has 1 heterocycles. The van der Waals surface area contributed by atoms with Gasteiger partial charge in [0.25, 0.3) is 0 Å². The number of nitrogens with zero attached hydrogens (tertiary/aromatic N) is 1. The molecular formula is C14H14ClN3O. The average molecular weight is 276 g/mol. The minimum atomic E-state index is -0.0337. The van der Waals surface area contributed by atoms with Crippen molar-refractivity contribution in [1.29, 1.82) is 0 Å². The Morgan fingerprint density at radius 3 is 2.68 bits per heavy atom. The zero-order valence-corrected chi connectivity index (χ0v) is 11.2. The highest BCUT2D eigenvalue weighted by atomic mass is 35.5. The van der Waals surface area contributed by atoms with Crippen molar-refractivity contribution in [2.45, 2.75) is 13.3 Å². The number of pyridine rings is 1. The Hall–Kier alpha value is -2.07. The third-order valence-electron chi connectivity index (χ3n) is 2.50. The maximum absolute atomic E-state index is 11.2. The normalized spacial score (nSPS) is 10.0. The molecule has 1 aromatic carbocycles. The van der Waals surface area contributed by atoms with Crippen LogP contribution in [0.15, 0.2) is 42.6 Å². The minimum Gasteiger partial charge on any atom is -0.339 e. The number of carbonyl (C=O) groups is 1. The van der Waals surface area contributed by atoms with Gasteiger partial charge >= 0.3 is 0 Å². The van der Waals surface area contributed by atoms with Gasteiger partial charge in [0.05, 0.1) is 22.6 Å². The fourth-order valence-corrected chi connectivity index (χ4v) is 1.67. The van der Waals surface area contributed by atoms with Gasteiger partial charge in [-0.05, 0) is 24.3 Å². The van der Waals surface area contributed by atoms with Crippen molar-refractivity contribution >= 4 is 34.7 Å². The molecule has 2 rings (SSSR count). The lowest BCUT2D eigenvalue weighted by Crippen LogP contribution is -2.09. The van der Waals surface area contributed by atoms with Crippen LogP contribution < -0.4 is 10.6 Å². The zero-order chi connectivity index (χ0) is 13.7. The highest BCUT2D eigenvalue weighted by molar-refractivity contribution is 6.33. The first-order chi connectivity index (χ1) is 9.19. The summed E-state index contributed by atoms with van der Waals surface area (Å²) in [6.07, 6.45) is 2.05. The summed E-state index contributed by atoms with van der Waals surface area (Å²) in [6.45, 7) is 1.80. The van der Waals surface area contributed by atoms with Gasteiger partial charge in [0.2, 0.25) is 5.91 Å². The maximum Gasteiger partial charge on any atom is 0.224 e. The maximum atomic E-state index is 11.2. The Morgan fingerprint density at radius 2 is 2.05 bits per heavy atom. The quantitative estimate of drug-likeness (QED) is 0.892. The fraction of sp³-hybridized carbons (Fsp3) is 0.143. The van der Waals surface area contributed by atoms with Crippen molar-refractivity contribution < 1.29 is 4.79 Å². The number of benzene rings is 1. The van der Waals surface area contributed by atoms with Crippen LogP contribution in [0, 0.1) is 0 Å².